The molecule has 0 radical (unpaired) electrons. The van der Waals surface area contributed by atoms with E-state index in [0.717, 1.165) is 41.0 Å². The number of nitrogens with zero attached hydrogens (tertiary/aromatic N) is 1. The first kappa shape index (κ1) is 19.8. The lowest BCUT2D eigenvalue weighted by Crippen LogP contribution is -2.18. The number of amides is 2. The van der Waals surface area contributed by atoms with Crippen LogP contribution < -0.4 is 10.6 Å². The van der Waals surface area contributed by atoms with Crippen LogP contribution in [0.4, 0.5) is 16.4 Å². The Balaban J connectivity index is 1.61. The summed E-state index contributed by atoms with van der Waals surface area (Å²) >= 11 is 1.42. The van der Waals surface area contributed by atoms with Crippen LogP contribution in [0.25, 0.3) is 0 Å². The van der Waals surface area contributed by atoms with Gasteiger partial charge >= 0.3 is 0 Å². The third-order valence-corrected chi connectivity index (χ3v) is 6.32. The first-order chi connectivity index (χ1) is 14.4. The van der Waals surface area contributed by atoms with E-state index in [1.54, 1.807) is 0 Å². The highest BCUT2D eigenvalue weighted by atomic mass is 32.1. The Morgan fingerprint density at radius 1 is 1.00 bits per heavy atom. The van der Waals surface area contributed by atoms with Crippen LogP contribution in [0.1, 0.15) is 43.1 Å². The second kappa shape index (κ2) is 8.08. The molecule has 1 aliphatic rings. The summed E-state index contributed by atoms with van der Waals surface area (Å²) in [6, 6.07) is 12.9. The number of hydrogen-bond donors (Lipinski definition) is 2. The van der Waals surface area contributed by atoms with Gasteiger partial charge in [-0.15, -0.1) is 11.3 Å². The second-order valence-corrected chi connectivity index (χ2v) is 8.19. The lowest BCUT2D eigenvalue weighted by molar-refractivity contribution is -0.384. The van der Waals surface area contributed by atoms with Gasteiger partial charge in [0, 0.05) is 28.3 Å². The van der Waals surface area contributed by atoms with Crippen molar-refractivity contribution in [2.75, 3.05) is 10.6 Å². The molecular formula is C22H19N3O4S. The van der Waals surface area contributed by atoms with Gasteiger partial charge in [0.1, 0.15) is 5.00 Å². The largest absolute Gasteiger partial charge is 0.322 e. The maximum Gasteiger partial charge on any atom is 0.269 e. The molecule has 8 heteroatoms. The molecule has 0 aliphatic heterocycles. The van der Waals surface area contributed by atoms with Gasteiger partial charge in [-0.25, -0.2) is 0 Å². The van der Waals surface area contributed by atoms with Gasteiger partial charge in [0.2, 0.25) is 0 Å². The molecule has 30 heavy (non-hydrogen) atoms. The highest BCUT2D eigenvalue weighted by Crippen LogP contribution is 2.39. The molecule has 7 nitrogen and oxygen atoms in total. The van der Waals surface area contributed by atoms with Crippen LogP contribution in [-0.4, -0.2) is 16.7 Å². The van der Waals surface area contributed by atoms with Crippen molar-refractivity contribution in [3.05, 3.63) is 85.8 Å². The average Bonchev–Trinajstić information content (AvgIpc) is 3.30. The lowest BCUT2D eigenvalue weighted by Gasteiger charge is -2.11. The minimum atomic E-state index is -0.514. The van der Waals surface area contributed by atoms with Gasteiger partial charge in [-0.3, -0.25) is 19.7 Å². The van der Waals surface area contributed by atoms with Crippen LogP contribution in [0.5, 0.6) is 0 Å². The smallest absolute Gasteiger partial charge is 0.269 e. The van der Waals surface area contributed by atoms with Gasteiger partial charge < -0.3 is 10.6 Å². The fourth-order valence-electron chi connectivity index (χ4n) is 3.54. The van der Waals surface area contributed by atoms with Crippen LogP contribution in [-0.2, 0) is 12.8 Å². The zero-order valence-corrected chi connectivity index (χ0v) is 17.0. The molecule has 152 valence electrons. The summed E-state index contributed by atoms with van der Waals surface area (Å²) in [6.07, 6.45) is 2.68. The molecular weight excluding hydrogens is 402 g/mol. The van der Waals surface area contributed by atoms with Crippen molar-refractivity contribution in [1.29, 1.82) is 0 Å². The van der Waals surface area contributed by atoms with Gasteiger partial charge in [0.05, 0.1) is 10.5 Å². The Labute approximate surface area is 176 Å². The Morgan fingerprint density at radius 2 is 1.73 bits per heavy atom. The van der Waals surface area contributed by atoms with E-state index >= 15 is 0 Å². The molecule has 2 aromatic carbocycles. The minimum Gasteiger partial charge on any atom is -0.322 e. The van der Waals surface area contributed by atoms with Gasteiger partial charge in [-0.2, -0.15) is 0 Å². The van der Waals surface area contributed by atoms with Crippen LogP contribution >= 0.6 is 11.3 Å². The molecule has 0 spiro atoms. The zero-order valence-electron chi connectivity index (χ0n) is 16.2. The summed E-state index contributed by atoms with van der Waals surface area (Å²) < 4.78 is 0. The van der Waals surface area contributed by atoms with Crippen molar-refractivity contribution in [3.8, 4) is 0 Å². The maximum absolute atomic E-state index is 13.1. The fraction of sp³-hybridized carbons (Fsp3) is 0.182. The molecule has 0 atom stereocenters. The number of benzene rings is 2. The summed E-state index contributed by atoms with van der Waals surface area (Å²) in [5.41, 5.74) is 3.39. The molecule has 0 saturated carbocycles. The minimum absolute atomic E-state index is 0.0834. The quantitative estimate of drug-likeness (QED) is 0.449. The predicted molar refractivity (Wildman–Crippen MR) is 117 cm³/mol. The third-order valence-electron chi connectivity index (χ3n) is 5.11. The number of carbonyl (C=O) groups excluding carboxylic acids is 2. The summed E-state index contributed by atoms with van der Waals surface area (Å²) in [6.45, 7) is 1.92. The van der Waals surface area contributed by atoms with Gasteiger partial charge in [0.25, 0.3) is 17.5 Å². The van der Waals surface area contributed by atoms with Crippen LogP contribution in [0.2, 0.25) is 0 Å². The van der Waals surface area contributed by atoms with E-state index in [-0.39, 0.29) is 11.6 Å². The topological polar surface area (TPSA) is 101 Å². The van der Waals surface area contributed by atoms with E-state index in [2.05, 4.69) is 10.6 Å². The molecule has 3 aromatic rings. The summed E-state index contributed by atoms with van der Waals surface area (Å²) in [5, 5.41) is 17.1. The van der Waals surface area contributed by atoms with E-state index in [1.165, 1.54) is 35.6 Å². The number of rotatable bonds is 5. The molecule has 0 bridgehead atoms. The van der Waals surface area contributed by atoms with Gasteiger partial charge in [-0.05, 0) is 55.5 Å². The molecule has 0 unspecified atom stereocenters. The number of anilines is 2. The van der Waals surface area contributed by atoms with Gasteiger partial charge in [0.15, 0.2) is 0 Å². The molecule has 2 N–H and O–H groups in total. The first-order valence-corrected chi connectivity index (χ1v) is 10.3. The summed E-state index contributed by atoms with van der Waals surface area (Å²) in [4.78, 5) is 37.2. The molecule has 2 amide bonds. The van der Waals surface area contributed by atoms with Crippen molar-refractivity contribution >= 4 is 39.5 Å². The highest BCUT2D eigenvalue weighted by Gasteiger charge is 2.28. The SMILES string of the molecule is Cc1ccccc1NC(=O)c1c(NC(=O)c2ccc([N+](=O)[O-])cc2)sc2c1CCC2. The van der Waals surface area contributed by atoms with Crippen molar-refractivity contribution in [2.45, 2.75) is 26.2 Å². The van der Waals surface area contributed by atoms with Crippen molar-refractivity contribution in [3.63, 3.8) is 0 Å². The Hall–Kier alpha value is -3.52. The van der Waals surface area contributed by atoms with E-state index in [9.17, 15) is 19.7 Å². The average molecular weight is 421 g/mol. The normalized spacial score (nSPS) is 12.3. The molecule has 4 rings (SSSR count). The molecule has 0 fully saturated rings. The molecule has 1 heterocycles. The number of nitro groups is 1. The van der Waals surface area contributed by atoms with Crippen LogP contribution in [0.15, 0.2) is 48.5 Å². The number of carbonyl (C=O) groups is 2. The number of thiophene rings is 1. The lowest BCUT2D eigenvalue weighted by atomic mass is 10.1. The zero-order chi connectivity index (χ0) is 21.3. The van der Waals surface area contributed by atoms with Crippen LogP contribution in [0.3, 0.4) is 0 Å². The van der Waals surface area contributed by atoms with E-state index in [4.69, 9.17) is 0 Å². The highest BCUT2D eigenvalue weighted by molar-refractivity contribution is 7.17. The molecule has 1 aliphatic carbocycles. The number of para-hydroxylation sites is 1. The molecule has 1 aromatic heterocycles. The standard InChI is InChI=1S/C22H19N3O4S/c1-13-5-2-3-7-17(13)23-21(27)19-16-6-4-8-18(16)30-22(19)24-20(26)14-9-11-15(12-10-14)25(28)29/h2-3,5,7,9-12H,4,6,8H2,1H3,(H,23,27)(H,24,26). The maximum atomic E-state index is 13.1. The van der Waals surface area contributed by atoms with Gasteiger partial charge in [-0.1, -0.05) is 18.2 Å². The number of fused-ring (bicyclic) bond motifs is 1. The Bertz CT molecular complexity index is 1150. The number of aryl methyl sites for hydroxylation is 2. The number of nitrogens with one attached hydrogen (secondary N) is 2. The number of non-ortho nitro benzene ring substituents is 1. The van der Waals surface area contributed by atoms with E-state index in [1.807, 2.05) is 31.2 Å². The predicted octanol–water partition coefficient (Wildman–Crippen LogP) is 4.96. The van der Waals surface area contributed by atoms with E-state index in [0.29, 0.717) is 16.1 Å². The third kappa shape index (κ3) is 3.81. The van der Waals surface area contributed by atoms with Crippen molar-refractivity contribution in [1.82, 2.24) is 0 Å². The molecule has 0 saturated heterocycles. The summed E-state index contributed by atoms with van der Waals surface area (Å²) in [5.74, 6) is -0.655. The van der Waals surface area contributed by atoms with E-state index < -0.39 is 10.8 Å². The van der Waals surface area contributed by atoms with Crippen molar-refractivity contribution in [2.24, 2.45) is 0 Å². The number of nitro benzene ring substituents is 1. The number of hydrogen-bond acceptors (Lipinski definition) is 5. The monoisotopic (exact) mass is 421 g/mol. The first-order valence-electron chi connectivity index (χ1n) is 9.51. The fourth-order valence-corrected chi connectivity index (χ4v) is 4.82. The Morgan fingerprint density at radius 3 is 2.43 bits per heavy atom. The van der Waals surface area contributed by atoms with Crippen LogP contribution in [0, 0.1) is 17.0 Å². The second-order valence-electron chi connectivity index (χ2n) is 7.09. The summed E-state index contributed by atoms with van der Waals surface area (Å²) in [7, 11) is 0. The Kier molecular flexibility index (Phi) is 5.33. The van der Waals surface area contributed by atoms with Crippen molar-refractivity contribution < 1.29 is 14.5 Å².